The van der Waals surface area contributed by atoms with Gasteiger partial charge in [-0.3, -0.25) is 14.6 Å². The topological polar surface area (TPSA) is 43.8 Å². The van der Waals surface area contributed by atoms with E-state index in [1.807, 2.05) is 0 Å². The largest absolute Gasteiger partial charge is 0.481 e. The maximum absolute atomic E-state index is 11.9. The minimum absolute atomic E-state index is 0.477. The van der Waals surface area contributed by atoms with E-state index in [-0.39, 0.29) is 0 Å². The number of carbonyl (C=O) groups is 1. The Hall–Kier alpha value is -0.610. The minimum Gasteiger partial charge on any atom is -0.481 e. The van der Waals surface area contributed by atoms with Crippen molar-refractivity contribution in [3.63, 3.8) is 0 Å². The van der Waals surface area contributed by atoms with Crippen LogP contribution in [0.25, 0.3) is 0 Å². The van der Waals surface area contributed by atoms with Gasteiger partial charge < -0.3 is 5.11 Å². The minimum atomic E-state index is -0.562. The standard InChI is InChI=1S/C17H30N2O2/c1-2-8-17(16(20)21)9-5-11-19(13-17)15-7-12-18-10-4-3-6-14(15)18/h14-15H,2-13H2,1H3,(H,20,21). The molecular formula is C17H30N2O2. The monoisotopic (exact) mass is 294 g/mol. The molecule has 0 amide bonds. The van der Waals surface area contributed by atoms with Crippen LogP contribution < -0.4 is 0 Å². The maximum Gasteiger partial charge on any atom is 0.310 e. The normalized spacial score (nSPS) is 38.3. The molecule has 4 heteroatoms. The second-order valence-corrected chi connectivity index (χ2v) is 7.36. The summed E-state index contributed by atoms with van der Waals surface area (Å²) < 4.78 is 0. The van der Waals surface area contributed by atoms with Crippen molar-refractivity contribution in [3.05, 3.63) is 0 Å². The first-order valence-electron chi connectivity index (χ1n) is 8.88. The Labute approximate surface area is 128 Å². The molecule has 120 valence electrons. The molecule has 0 bridgehead atoms. The Balaban J connectivity index is 1.72. The van der Waals surface area contributed by atoms with E-state index in [1.165, 1.54) is 38.8 Å². The SMILES string of the molecule is CCCC1(C(=O)O)CCCN(C2CCN3CCCCC23)C1. The highest BCUT2D eigenvalue weighted by molar-refractivity contribution is 5.75. The summed E-state index contributed by atoms with van der Waals surface area (Å²) in [5.74, 6) is -0.562. The van der Waals surface area contributed by atoms with E-state index >= 15 is 0 Å². The van der Waals surface area contributed by atoms with Gasteiger partial charge in [0, 0.05) is 25.2 Å². The van der Waals surface area contributed by atoms with Gasteiger partial charge in [-0.1, -0.05) is 19.8 Å². The number of carboxylic acids is 1. The summed E-state index contributed by atoms with van der Waals surface area (Å²) in [6, 6.07) is 1.31. The van der Waals surface area contributed by atoms with Gasteiger partial charge in [0.25, 0.3) is 0 Å². The van der Waals surface area contributed by atoms with Gasteiger partial charge in [-0.25, -0.2) is 0 Å². The first-order chi connectivity index (χ1) is 10.2. The Morgan fingerprint density at radius 2 is 1.86 bits per heavy atom. The van der Waals surface area contributed by atoms with Crippen molar-refractivity contribution in [2.75, 3.05) is 26.2 Å². The van der Waals surface area contributed by atoms with E-state index in [4.69, 9.17) is 0 Å². The molecule has 3 rings (SSSR count). The summed E-state index contributed by atoms with van der Waals surface area (Å²) in [6.07, 6.45) is 8.98. The summed E-state index contributed by atoms with van der Waals surface area (Å²) in [6.45, 7) is 6.48. The summed E-state index contributed by atoms with van der Waals surface area (Å²) in [7, 11) is 0. The van der Waals surface area contributed by atoms with E-state index in [2.05, 4.69) is 16.7 Å². The summed E-state index contributed by atoms with van der Waals surface area (Å²) in [5, 5.41) is 9.78. The van der Waals surface area contributed by atoms with Gasteiger partial charge in [-0.15, -0.1) is 0 Å². The lowest BCUT2D eigenvalue weighted by Gasteiger charge is -2.45. The molecular weight excluding hydrogens is 264 g/mol. The number of rotatable bonds is 4. The molecule has 3 atom stereocenters. The second-order valence-electron chi connectivity index (χ2n) is 7.36. The van der Waals surface area contributed by atoms with Crippen LogP contribution in [-0.4, -0.2) is 59.1 Å². The van der Waals surface area contributed by atoms with Gasteiger partial charge in [-0.2, -0.15) is 0 Å². The van der Waals surface area contributed by atoms with Gasteiger partial charge in [0.1, 0.15) is 0 Å². The summed E-state index contributed by atoms with van der Waals surface area (Å²) in [4.78, 5) is 17.1. The van der Waals surface area contributed by atoms with Crippen LogP contribution in [0.5, 0.6) is 0 Å². The number of carboxylic acid groups (broad SMARTS) is 1. The van der Waals surface area contributed by atoms with E-state index < -0.39 is 11.4 Å². The first-order valence-corrected chi connectivity index (χ1v) is 8.88. The van der Waals surface area contributed by atoms with Crippen LogP contribution in [0.3, 0.4) is 0 Å². The third-order valence-corrected chi connectivity index (χ3v) is 6.08. The molecule has 3 saturated heterocycles. The van der Waals surface area contributed by atoms with Crippen molar-refractivity contribution in [2.24, 2.45) is 5.41 Å². The van der Waals surface area contributed by atoms with Gasteiger partial charge >= 0.3 is 5.97 Å². The first kappa shape index (κ1) is 15.3. The summed E-state index contributed by atoms with van der Waals surface area (Å²) in [5.41, 5.74) is -0.477. The van der Waals surface area contributed by atoms with Crippen molar-refractivity contribution < 1.29 is 9.90 Å². The molecule has 0 aromatic rings. The third kappa shape index (κ3) is 2.85. The molecule has 0 aliphatic carbocycles. The molecule has 21 heavy (non-hydrogen) atoms. The zero-order valence-corrected chi connectivity index (χ0v) is 13.4. The fourth-order valence-corrected chi connectivity index (χ4v) is 5.06. The van der Waals surface area contributed by atoms with E-state index in [1.54, 1.807) is 0 Å². The third-order valence-electron chi connectivity index (χ3n) is 6.08. The number of hydrogen-bond acceptors (Lipinski definition) is 3. The Morgan fingerprint density at radius 1 is 1.10 bits per heavy atom. The molecule has 3 unspecified atom stereocenters. The lowest BCUT2D eigenvalue weighted by atomic mass is 9.75. The van der Waals surface area contributed by atoms with Gasteiger partial charge in [0.2, 0.25) is 0 Å². The molecule has 0 aromatic heterocycles. The number of nitrogens with zero attached hydrogens (tertiary/aromatic N) is 2. The maximum atomic E-state index is 11.9. The van der Waals surface area contributed by atoms with E-state index in [0.29, 0.717) is 12.1 Å². The lowest BCUT2D eigenvalue weighted by molar-refractivity contribution is -0.154. The Morgan fingerprint density at radius 3 is 2.62 bits per heavy atom. The lowest BCUT2D eigenvalue weighted by Crippen LogP contribution is -2.55. The van der Waals surface area contributed by atoms with Gasteiger partial charge in [0.05, 0.1) is 5.41 Å². The van der Waals surface area contributed by atoms with Crippen molar-refractivity contribution in [1.29, 1.82) is 0 Å². The quantitative estimate of drug-likeness (QED) is 0.865. The zero-order valence-electron chi connectivity index (χ0n) is 13.4. The molecule has 0 radical (unpaired) electrons. The molecule has 0 spiro atoms. The van der Waals surface area contributed by atoms with Crippen molar-refractivity contribution in [2.45, 2.75) is 70.4 Å². The molecule has 3 aliphatic heterocycles. The highest BCUT2D eigenvalue weighted by atomic mass is 16.4. The zero-order chi connectivity index (χ0) is 14.9. The average molecular weight is 294 g/mol. The molecule has 3 fully saturated rings. The molecule has 0 saturated carbocycles. The van der Waals surface area contributed by atoms with Crippen molar-refractivity contribution in [1.82, 2.24) is 9.80 Å². The molecule has 0 aromatic carbocycles. The number of piperidine rings is 2. The fourth-order valence-electron chi connectivity index (χ4n) is 5.06. The number of aliphatic carboxylic acids is 1. The highest BCUT2D eigenvalue weighted by Gasteiger charge is 2.46. The predicted molar refractivity (Wildman–Crippen MR) is 83.4 cm³/mol. The van der Waals surface area contributed by atoms with Crippen molar-refractivity contribution in [3.8, 4) is 0 Å². The molecule has 3 heterocycles. The van der Waals surface area contributed by atoms with Gasteiger partial charge in [-0.05, 0) is 51.6 Å². The Kier molecular flexibility index (Phi) is 4.55. The van der Waals surface area contributed by atoms with Crippen LogP contribution in [0, 0.1) is 5.41 Å². The van der Waals surface area contributed by atoms with Crippen LogP contribution in [0.2, 0.25) is 0 Å². The van der Waals surface area contributed by atoms with Crippen LogP contribution in [0.4, 0.5) is 0 Å². The predicted octanol–water partition coefficient (Wildman–Crippen LogP) is 2.58. The molecule has 1 N–H and O–H groups in total. The van der Waals surface area contributed by atoms with Crippen LogP contribution >= 0.6 is 0 Å². The van der Waals surface area contributed by atoms with E-state index in [9.17, 15) is 9.90 Å². The second kappa shape index (κ2) is 6.25. The van der Waals surface area contributed by atoms with Crippen LogP contribution in [-0.2, 0) is 4.79 Å². The number of fused-ring (bicyclic) bond motifs is 1. The molecule has 4 nitrogen and oxygen atoms in total. The smallest absolute Gasteiger partial charge is 0.310 e. The number of hydrogen-bond donors (Lipinski definition) is 1. The average Bonchev–Trinajstić information content (AvgIpc) is 2.91. The fraction of sp³-hybridized carbons (Fsp3) is 0.941. The number of likely N-dealkylation sites (tertiary alicyclic amines) is 1. The Bertz CT molecular complexity index is 383. The highest BCUT2D eigenvalue weighted by Crippen LogP contribution is 2.39. The van der Waals surface area contributed by atoms with Crippen LogP contribution in [0.15, 0.2) is 0 Å². The van der Waals surface area contributed by atoms with Crippen molar-refractivity contribution >= 4 is 5.97 Å². The summed E-state index contributed by atoms with van der Waals surface area (Å²) >= 11 is 0. The van der Waals surface area contributed by atoms with Crippen LogP contribution in [0.1, 0.15) is 58.3 Å². The molecule has 3 aliphatic rings. The van der Waals surface area contributed by atoms with Gasteiger partial charge in [0.15, 0.2) is 0 Å². The van der Waals surface area contributed by atoms with E-state index in [0.717, 1.165) is 38.8 Å².